The van der Waals surface area contributed by atoms with E-state index in [4.69, 9.17) is 21.1 Å². The summed E-state index contributed by atoms with van der Waals surface area (Å²) in [5.41, 5.74) is 0.231. The Labute approximate surface area is 134 Å². The number of carbonyl (C=O) groups excluding carboxylic acids is 1. The summed E-state index contributed by atoms with van der Waals surface area (Å²) in [5.74, 6) is -0.500. The molecule has 118 valence electrons. The predicted molar refractivity (Wildman–Crippen MR) is 80.8 cm³/mol. The third-order valence-corrected chi connectivity index (χ3v) is 3.54. The first-order valence-corrected chi connectivity index (χ1v) is 6.78. The van der Waals surface area contributed by atoms with E-state index >= 15 is 0 Å². The number of hydrogen-bond acceptors (Lipinski definition) is 3. The predicted octanol–water partition coefficient (Wildman–Crippen LogP) is 4.11. The third-order valence-electron chi connectivity index (χ3n) is 3.26. The van der Waals surface area contributed by atoms with E-state index in [1.165, 1.54) is 6.07 Å². The van der Waals surface area contributed by atoms with Gasteiger partial charge in [0, 0.05) is 5.41 Å². The Balaban J connectivity index is 0.00000220. The highest BCUT2D eigenvalue weighted by Crippen LogP contribution is 2.39. The number of halogens is 3. The molecule has 0 aliphatic carbocycles. The SMILES string of the molecule is CCOc1c(F)cc([C@@H]2NC(=O)OCC2(C)C)cc1Cl.Cl. The molecule has 21 heavy (non-hydrogen) atoms. The molecule has 1 aliphatic heterocycles. The lowest BCUT2D eigenvalue weighted by Crippen LogP contribution is -2.46. The Morgan fingerprint density at radius 3 is 2.76 bits per heavy atom. The molecule has 0 aromatic heterocycles. The van der Waals surface area contributed by atoms with Gasteiger partial charge in [0.25, 0.3) is 0 Å². The van der Waals surface area contributed by atoms with E-state index in [2.05, 4.69) is 5.32 Å². The molecule has 0 unspecified atom stereocenters. The summed E-state index contributed by atoms with van der Waals surface area (Å²) in [6, 6.07) is 2.59. The van der Waals surface area contributed by atoms with Crippen LogP contribution in [-0.2, 0) is 4.74 Å². The molecule has 1 atom stereocenters. The fraction of sp³-hybridized carbons (Fsp3) is 0.500. The molecule has 0 radical (unpaired) electrons. The molecule has 0 saturated carbocycles. The number of cyclic esters (lactones) is 1. The van der Waals surface area contributed by atoms with Crippen LogP contribution in [0.5, 0.6) is 5.75 Å². The highest BCUT2D eigenvalue weighted by atomic mass is 35.5. The van der Waals surface area contributed by atoms with Crippen LogP contribution in [0.15, 0.2) is 12.1 Å². The monoisotopic (exact) mass is 337 g/mol. The Kier molecular flexibility index (Phi) is 5.70. The number of carbonyl (C=O) groups is 1. The molecule has 2 rings (SSSR count). The zero-order valence-corrected chi connectivity index (χ0v) is 13.6. The van der Waals surface area contributed by atoms with Crippen LogP contribution in [0.25, 0.3) is 0 Å². The van der Waals surface area contributed by atoms with Crippen molar-refractivity contribution in [2.24, 2.45) is 5.41 Å². The van der Waals surface area contributed by atoms with Crippen molar-refractivity contribution in [3.63, 3.8) is 0 Å². The number of ether oxygens (including phenoxy) is 2. The van der Waals surface area contributed by atoms with Crippen LogP contribution in [0, 0.1) is 11.2 Å². The molecule has 1 aromatic carbocycles. The molecule has 1 heterocycles. The maximum absolute atomic E-state index is 14.0. The molecule has 1 fully saturated rings. The lowest BCUT2D eigenvalue weighted by molar-refractivity contribution is 0.0386. The van der Waals surface area contributed by atoms with E-state index in [0.29, 0.717) is 12.2 Å². The Morgan fingerprint density at radius 2 is 2.19 bits per heavy atom. The third kappa shape index (κ3) is 3.71. The van der Waals surface area contributed by atoms with Crippen molar-refractivity contribution in [3.8, 4) is 5.75 Å². The van der Waals surface area contributed by atoms with Gasteiger partial charge in [0.05, 0.1) is 17.7 Å². The van der Waals surface area contributed by atoms with Gasteiger partial charge in [0.15, 0.2) is 11.6 Å². The second-order valence-electron chi connectivity index (χ2n) is 5.39. The van der Waals surface area contributed by atoms with Crippen LogP contribution in [0.2, 0.25) is 5.02 Å². The van der Waals surface area contributed by atoms with Crippen LogP contribution in [0.3, 0.4) is 0 Å². The van der Waals surface area contributed by atoms with Gasteiger partial charge < -0.3 is 14.8 Å². The first kappa shape index (κ1) is 17.9. The molecule has 1 saturated heterocycles. The number of nitrogens with one attached hydrogen (secondary N) is 1. The van der Waals surface area contributed by atoms with Gasteiger partial charge in [-0.1, -0.05) is 25.4 Å². The van der Waals surface area contributed by atoms with Crippen molar-refractivity contribution >= 4 is 30.1 Å². The second kappa shape index (κ2) is 6.71. The molecule has 4 nitrogen and oxygen atoms in total. The van der Waals surface area contributed by atoms with Crippen LogP contribution >= 0.6 is 24.0 Å². The molecule has 1 amide bonds. The van der Waals surface area contributed by atoms with Crippen LogP contribution < -0.4 is 10.1 Å². The van der Waals surface area contributed by atoms with E-state index in [1.807, 2.05) is 13.8 Å². The maximum Gasteiger partial charge on any atom is 0.407 e. The topological polar surface area (TPSA) is 47.6 Å². The van der Waals surface area contributed by atoms with Crippen LogP contribution in [-0.4, -0.2) is 19.3 Å². The summed E-state index contributed by atoms with van der Waals surface area (Å²) in [7, 11) is 0. The van der Waals surface area contributed by atoms with Crippen molar-refractivity contribution in [2.75, 3.05) is 13.2 Å². The molecular weight excluding hydrogens is 320 g/mol. The quantitative estimate of drug-likeness (QED) is 0.902. The Bertz CT molecular complexity index is 514. The van der Waals surface area contributed by atoms with Crippen molar-refractivity contribution in [1.29, 1.82) is 0 Å². The summed E-state index contributed by atoms with van der Waals surface area (Å²) >= 11 is 6.05. The smallest absolute Gasteiger partial charge is 0.407 e. The van der Waals surface area contributed by atoms with Crippen LogP contribution in [0.4, 0.5) is 9.18 Å². The van der Waals surface area contributed by atoms with E-state index in [0.717, 1.165) is 0 Å². The molecular formula is C14H18Cl2FNO3. The molecule has 1 aromatic rings. The average Bonchev–Trinajstić information content (AvgIpc) is 2.36. The number of benzene rings is 1. The fourth-order valence-corrected chi connectivity index (χ4v) is 2.52. The van der Waals surface area contributed by atoms with Gasteiger partial charge in [-0.05, 0) is 24.6 Å². The van der Waals surface area contributed by atoms with Crippen molar-refractivity contribution in [2.45, 2.75) is 26.8 Å². The lowest BCUT2D eigenvalue weighted by Gasteiger charge is -2.38. The zero-order valence-electron chi connectivity index (χ0n) is 12.0. The van der Waals surface area contributed by atoms with Gasteiger partial charge in [0.1, 0.15) is 6.61 Å². The summed E-state index contributed by atoms with van der Waals surface area (Å²) < 4.78 is 24.2. The lowest BCUT2D eigenvalue weighted by atomic mass is 9.80. The normalized spacial score (nSPS) is 20.0. The number of amides is 1. The minimum atomic E-state index is -0.536. The summed E-state index contributed by atoms with van der Waals surface area (Å²) in [4.78, 5) is 11.4. The molecule has 7 heteroatoms. The standard InChI is InChI=1S/C14H17ClFNO3.ClH/c1-4-19-11-9(15)5-8(6-10(11)16)12-14(2,3)7-20-13(18)17-12;/h5-6,12H,4,7H2,1-3H3,(H,17,18);1H/t12-;/m0./s1. The summed E-state index contributed by atoms with van der Waals surface area (Å²) in [6.07, 6.45) is -0.514. The average molecular weight is 338 g/mol. The maximum atomic E-state index is 14.0. The van der Waals surface area contributed by atoms with Crippen molar-refractivity contribution in [3.05, 3.63) is 28.5 Å². The zero-order chi connectivity index (χ0) is 14.9. The van der Waals surface area contributed by atoms with E-state index in [-0.39, 0.29) is 41.2 Å². The van der Waals surface area contributed by atoms with Gasteiger partial charge in [-0.2, -0.15) is 0 Å². The van der Waals surface area contributed by atoms with Crippen molar-refractivity contribution < 1.29 is 18.7 Å². The highest BCUT2D eigenvalue weighted by Gasteiger charge is 2.38. The number of hydrogen-bond donors (Lipinski definition) is 1. The fourth-order valence-electron chi connectivity index (χ4n) is 2.25. The van der Waals surface area contributed by atoms with E-state index in [1.54, 1.807) is 13.0 Å². The van der Waals surface area contributed by atoms with E-state index in [9.17, 15) is 9.18 Å². The van der Waals surface area contributed by atoms with Gasteiger partial charge in [0.2, 0.25) is 0 Å². The highest BCUT2D eigenvalue weighted by molar-refractivity contribution is 6.32. The van der Waals surface area contributed by atoms with Gasteiger partial charge >= 0.3 is 6.09 Å². The molecule has 0 spiro atoms. The summed E-state index contributed by atoms with van der Waals surface area (Å²) in [6.45, 7) is 6.20. The van der Waals surface area contributed by atoms with E-state index < -0.39 is 11.9 Å². The first-order chi connectivity index (χ1) is 9.35. The second-order valence-corrected chi connectivity index (χ2v) is 5.80. The Hall–Kier alpha value is -1.20. The molecule has 1 N–H and O–H groups in total. The van der Waals surface area contributed by atoms with Gasteiger partial charge in [-0.3, -0.25) is 0 Å². The largest absolute Gasteiger partial charge is 0.489 e. The van der Waals surface area contributed by atoms with Crippen LogP contribution in [0.1, 0.15) is 32.4 Å². The van der Waals surface area contributed by atoms with Gasteiger partial charge in [-0.15, -0.1) is 12.4 Å². The Morgan fingerprint density at radius 1 is 1.52 bits per heavy atom. The first-order valence-electron chi connectivity index (χ1n) is 6.40. The number of rotatable bonds is 3. The number of alkyl carbamates (subject to hydrolysis) is 1. The minimum absolute atomic E-state index is 0. The molecule has 0 bridgehead atoms. The minimum Gasteiger partial charge on any atom is -0.489 e. The van der Waals surface area contributed by atoms with Crippen molar-refractivity contribution in [1.82, 2.24) is 5.32 Å². The summed E-state index contributed by atoms with van der Waals surface area (Å²) in [5, 5.41) is 2.89. The van der Waals surface area contributed by atoms with Gasteiger partial charge in [-0.25, -0.2) is 9.18 Å². The molecule has 1 aliphatic rings.